The van der Waals surface area contributed by atoms with Crippen molar-refractivity contribution in [3.05, 3.63) is 0 Å². The van der Waals surface area contributed by atoms with Crippen LogP contribution in [0.3, 0.4) is 0 Å². The third-order valence-corrected chi connectivity index (χ3v) is 1.69. The lowest BCUT2D eigenvalue weighted by atomic mass is 10.00. The predicted molar refractivity (Wildman–Crippen MR) is 39.5 cm³/mol. The van der Waals surface area contributed by atoms with E-state index in [1.807, 2.05) is 0 Å². The minimum atomic E-state index is -4.41. The van der Waals surface area contributed by atoms with Gasteiger partial charge in [0, 0.05) is 0 Å². The van der Waals surface area contributed by atoms with Gasteiger partial charge in [-0.25, -0.2) is 0 Å². The molecule has 2 atom stereocenters. The summed E-state index contributed by atoms with van der Waals surface area (Å²) in [5.41, 5.74) is 4.80. The van der Waals surface area contributed by atoms with E-state index < -0.39 is 24.7 Å². The van der Waals surface area contributed by atoms with E-state index in [9.17, 15) is 13.2 Å². The molecule has 0 saturated carbocycles. The lowest BCUT2D eigenvalue weighted by molar-refractivity contribution is -0.154. The molecule has 0 spiro atoms. The second-order valence-corrected chi connectivity index (χ2v) is 3.20. The molecule has 0 fully saturated rings. The zero-order valence-electron chi connectivity index (χ0n) is 7.10. The van der Waals surface area contributed by atoms with E-state index >= 15 is 0 Å². The topological polar surface area (TPSA) is 46.2 Å². The molecule has 5 heteroatoms. The van der Waals surface area contributed by atoms with Crippen LogP contribution in [-0.2, 0) is 0 Å². The molecular formula is C7H14F3NO. The van der Waals surface area contributed by atoms with E-state index in [-0.39, 0.29) is 5.92 Å². The van der Waals surface area contributed by atoms with Crippen molar-refractivity contribution in [3.8, 4) is 0 Å². The van der Waals surface area contributed by atoms with Crippen LogP contribution in [0, 0.1) is 5.92 Å². The summed E-state index contributed by atoms with van der Waals surface area (Å²) in [5, 5.41) is 9.08. The fraction of sp³-hybridized carbons (Fsp3) is 1.00. The number of halogens is 3. The molecule has 12 heavy (non-hydrogen) atoms. The van der Waals surface area contributed by atoms with Crippen LogP contribution in [0.15, 0.2) is 0 Å². The van der Waals surface area contributed by atoms with Gasteiger partial charge in [0.15, 0.2) is 0 Å². The first kappa shape index (κ1) is 11.7. The van der Waals surface area contributed by atoms with Crippen LogP contribution in [0.25, 0.3) is 0 Å². The van der Waals surface area contributed by atoms with Gasteiger partial charge in [-0.05, 0) is 12.3 Å². The maximum Gasteiger partial charge on any atom is 0.403 e. The summed E-state index contributed by atoms with van der Waals surface area (Å²) in [5.74, 6) is -0.196. The predicted octanol–water partition coefficient (Wildman–Crippen LogP) is 1.28. The highest BCUT2D eigenvalue weighted by molar-refractivity contribution is 4.75. The lowest BCUT2D eigenvalue weighted by Gasteiger charge is -2.21. The van der Waals surface area contributed by atoms with Crippen molar-refractivity contribution in [1.29, 1.82) is 0 Å². The Balaban J connectivity index is 3.93. The third kappa shape index (κ3) is 3.92. The number of aliphatic hydroxyl groups excluding tert-OH is 1. The molecule has 3 N–H and O–H groups in total. The number of hydrogen-bond donors (Lipinski definition) is 2. The van der Waals surface area contributed by atoms with Crippen molar-refractivity contribution in [3.63, 3.8) is 0 Å². The van der Waals surface area contributed by atoms with Crippen molar-refractivity contribution in [2.24, 2.45) is 11.7 Å². The summed E-state index contributed by atoms with van der Waals surface area (Å²) in [6.45, 7) is 3.29. The summed E-state index contributed by atoms with van der Waals surface area (Å²) in [6, 6.07) is -1.92. The molecule has 0 aliphatic heterocycles. The van der Waals surface area contributed by atoms with Gasteiger partial charge in [0.2, 0.25) is 0 Å². The summed E-state index contributed by atoms with van der Waals surface area (Å²) in [6.07, 6.45) is -5.82. The van der Waals surface area contributed by atoms with Crippen molar-refractivity contribution < 1.29 is 18.3 Å². The van der Waals surface area contributed by atoms with Crippen LogP contribution in [-0.4, -0.2) is 23.4 Å². The van der Waals surface area contributed by atoms with Gasteiger partial charge in [-0.2, -0.15) is 13.2 Å². The van der Waals surface area contributed by atoms with E-state index in [4.69, 9.17) is 10.8 Å². The largest absolute Gasteiger partial charge is 0.403 e. The smallest absolute Gasteiger partial charge is 0.393 e. The Kier molecular flexibility index (Phi) is 3.99. The maximum atomic E-state index is 11.8. The van der Waals surface area contributed by atoms with E-state index in [1.165, 1.54) is 0 Å². The molecule has 74 valence electrons. The van der Waals surface area contributed by atoms with Crippen molar-refractivity contribution in [2.45, 2.75) is 38.6 Å². The van der Waals surface area contributed by atoms with Crippen LogP contribution in [0.2, 0.25) is 0 Å². The highest BCUT2D eigenvalue weighted by atomic mass is 19.4. The molecule has 0 bridgehead atoms. The van der Waals surface area contributed by atoms with Gasteiger partial charge in [0.05, 0.1) is 6.10 Å². The molecule has 0 aromatic carbocycles. The summed E-state index contributed by atoms with van der Waals surface area (Å²) in [4.78, 5) is 0. The second-order valence-electron chi connectivity index (χ2n) is 3.20. The average molecular weight is 185 g/mol. The number of rotatable bonds is 3. The fourth-order valence-electron chi connectivity index (χ4n) is 0.666. The SMILES string of the molecule is CC(C)[C@@H](O)C[C@@H](N)C(F)(F)F. The van der Waals surface area contributed by atoms with Gasteiger partial charge < -0.3 is 10.8 Å². The number of alkyl halides is 3. The Morgan fingerprint density at radius 2 is 1.75 bits per heavy atom. The van der Waals surface area contributed by atoms with Gasteiger partial charge in [-0.1, -0.05) is 13.8 Å². The van der Waals surface area contributed by atoms with Gasteiger partial charge in [0.1, 0.15) is 6.04 Å². The summed E-state index contributed by atoms with van der Waals surface area (Å²) >= 11 is 0. The highest BCUT2D eigenvalue weighted by Crippen LogP contribution is 2.23. The van der Waals surface area contributed by atoms with Crippen molar-refractivity contribution >= 4 is 0 Å². The molecular weight excluding hydrogens is 171 g/mol. The van der Waals surface area contributed by atoms with Crippen LogP contribution in [0.5, 0.6) is 0 Å². The average Bonchev–Trinajstić information content (AvgIpc) is 1.85. The molecule has 0 aromatic rings. The van der Waals surface area contributed by atoms with Gasteiger partial charge in [-0.15, -0.1) is 0 Å². The number of nitrogens with two attached hydrogens (primary N) is 1. The van der Waals surface area contributed by atoms with Crippen LogP contribution in [0.1, 0.15) is 20.3 Å². The van der Waals surface area contributed by atoms with E-state index in [1.54, 1.807) is 13.8 Å². The molecule has 0 aliphatic rings. The highest BCUT2D eigenvalue weighted by Gasteiger charge is 2.38. The molecule has 0 rings (SSSR count). The maximum absolute atomic E-state index is 11.8. The summed E-state index contributed by atoms with van der Waals surface area (Å²) in [7, 11) is 0. The molecule has 0 heterocycles. The third-order valence-electron chi connectivity index (χ3n) is 1.69. The number of hydrogen-bond acceptors (Lipinski definition) is 2. The van der Waals surface area contributed by atoms with E-state index in [0.717, 1.165) is 0 Å². The van der Waals surface area contributed by atoms with Crippen LogP contribution < -0.4 is 5.73 Å². The molecule has 2 nitrogen and oxygen atoms in total. The zero-order valence-corrected chi connectivity index (χ0v) is 7.10. The molecule has 0 radical (unpaired) electrons. The first-order chi connectivity index (χ1) is 5.25. The molecule has 0 unspecified atom stereocenters. The van der Waals surface area contributed by atoms with Gasteiger partial charge in [-0.3, -0.25) is 0 Å². The Morgan fingerprint density at radius 1 is 1.33 bits per heavy atom. The Hall–Kier alpha value is -0.290. The molecule has 0 aromatic heterocycles. The minimum Gasteiger partial charge on any atom is -0.393 e. The van der Waals surface area contributed by atoms with Gasteiger partial charge in [0.25, 0.3) is 0 Å². The molecule has 0 aliphatic carbocycles. The standard InChI is InChI=1S/C7H14F3NO/c1-4(2)5(12)3-6(11)7(8,9)10/h4-6,12H,3,11H2,1-2H3/t5-,6+/m0/s1. The monoisotopic (exact) mass is 185 g/mol. The second kappa shape index (κ2) is 4.09. The van der Waals surface area contributed by atoms with Crippen LogP contribution >= 0.6 is 0 Å². The quantitative estimate of drug-likeness (QED) is 0.695. The Morgan fingerprint density at radius 3 is 2.00 bits per heavy atom. The molecule has 0 saturated heterocycles. The normalized spacial score (nSPS) is 18.0. The van der Waals surface area contributed by atoms with Crippen molar-refractivity contribution in [2.75, 3.05) is 0 Å². The first-order valence-electron chi connectivity index (χ1n) is 3.75. The minimum absolute atomic E-state index is 0.196. The van der Waals surface area contributed by atoms with E-state index in [2.05, 4.69) is 0 Å². The summed E-state index contributed by atoms with van der Waals surface area (Å²) < 4.78 is 35.5. The number of aliphatic hydroxyl groups is 1. The zero-order chi connectivity index (χ0) is 9.94. The fourth-order valence-corrected chi connectivity index (χ4v) is 0.666. The first-order valence-corrected chi connectivity index (χ1v) is 3.75. The Bertz CT molecular complexity index is 135. The van der Waals surface area contributed by atoms with E-state index in [0.29, 0.717) is 0 Å². The van der Waals surface area contributed by atoms with Gasteiger partial charge >= 0.3 is 6.18 Å². The lowest BCUT2D eigenvalue weighted by Crippen LogP contribution is -2.41. The molecule has 0 amide bonds. The Labute approximate surface area is 69.6 Å². The van der Waals surface area contributed by atoms with Crippen LogP contribution in [0.4, 0.5) is 13.2 Å². The van der Waals surface area contributed by atoms with Crippen molar-refractivity contribution in [1.82, 2.24) is 0 Å².